The van der Waals surface area contributed by atoms with Crippen molar-refractivity contribution in [2.45, 2.75) is 44.8 Å². The van der Waals surface area contributed by atoms with Crippen molar-refractivity contribution in [3.63, 3.8) is 0 Å². The van der Waals surface area contributed by atoms with Gasteiger partial charge in [0, 0.05) is 12.3 Å². The van der Waals surface area contributed by atoms with E-state index in [9.17, 15) is 4.79 Å². The molecule has 1 atom stereocenters. The number of carbonyl (C=O) groups is 1. The summed E-state index contributed by atoms with van der Waals surface area (Å²) < 4.78 is 11.0. The third kappa shape index (κ3) is 1.93. The van der Waals surface area contributed by atoms with Crippen LogP contribution in [0, 0.1) is 5.41 Å². The fourth-order valence-corrected chi connectivity index (χ4v) is 2.73. The molecular formula is C12H18O3. The molecular weight excluding hydrogens is 192 g/mol. The normalized spacial score (nSPS) is 35.9. The molecule has 84 valence electrons. The van der Waals surface area contributed by atoms with E-state index < -0.39 is 0 Å². The van der Waals surface area contributed by atoms with Crippen LogP contribution in [0.4, 0.5) is 0 Å². The summed E-state index contributed by atoms with van der Waals surface area (Å²) in [7, 11) is 0. The van der Waals surface area contributed by atoms with Gasteiger partial charge in [0.15, 0.2) is 0 Å². The summed E-state index contributed by atoms with van der Waals surface area (Å²) in [4.78, 5) is 11.0. The first-order valence-corrected chi connectivity index (χ1v) is 5.58. The van der Waals surface area contributed by atoms with E-state index in [1.807, 2.05) is 0 Å². The molecule has 3 rings (SSSR count). The van der Waals surface area contributed by atoms with E-state index in [0.29, 0.717) is 12.7 Å². The number of rotatable bonds is 3. The summed E-state index contributed by atoms with van der Waals surface area (Å²) in [5, 5.41) is 0. The van der Waals surface area contributed by atoms with Crippen molar-refractivity contribution in [1.82, 2.24) is 0 Å². The fourth-order valence-electron chi connectivity index (χ4n) is 2.73. The molecule has 1 saturated carbocycles. The smallest absolute Gasteiger partial charge is 0.303 e. The van der Waals surface area contributed by atoms with E-state index in [-0.39, 0.29) is 17.5 Å². The average molecular weight is 210 g/mol. The molecule has 0 radical (unpaired) electrons. The summed E-state index contributed by atoms with van der Waals surface area (Å²) in [6, 6.07) is 0. The average Bonchev–Trinajstić information content (AvgIpc) is 2.28. The van der Waals surface area contributed by atoms with Gasteiger partial charge in [-0.25, -0.2) is 0 Å². The van der Waals surface area contributed by atoms with E-state index in [4.69, 9.17) is 9.47 Å². The molecule has 1 aliphatic carbocycles. The number of hydrogen-bond acceptors (Lipinski definition) is 3. The Labute approximate surface area is 90.4 Å². The third-order valence-corrected chi connectivity index (χ3v) is 3.65. The van der Waals surface area contributed by atoms with Crippen LogP contribution >= 0.6 is 0 Å². The van der Waals surface area contributed by atoms with E-state index in [1.165, 1.54) is 6.92 Å². The minimum Gasteiger partial charge on any atom is -0.458 e. The lowest BCUT2D eigenvalue weighted by atomic mass is 9.67. The first kappa shape index (κ1) is 10.7. The van der Waals surface area contributed by atoms with Crippen molar-refractivity contribution in [3.05, 3.63) is 12.7 Å². The maximum absolute atomic E-state index is 11.0. The Bertz CT molecular complexity index is 250. The summed E-state index contributed by atoms with van der Waals surface area (Å²) in [6.07, 6.45) is 6.35. The van der Waals surface area contributed by atoms with Gasteiger partial charge in [-0.2, -0.15) is 0 Å². The third-order valence-electron chi connectivity index (χ3n) is 3.65. The highest BCUT2D eigenvalue weighted by atomic mass is 16.5. The molecule has 3 fully saturated rings. The minimum absolute atomic E-state index is 0.00215. The van der Waals surface area contributed by atoms with Gasteiger partial charge in [0.25, 0.3) is 0 Å². The minimum atomic E-state index is -0.234. The lowest BCUT2D eigenvalue weighted by Crippen LogP contribution is -2.50. The Morgan fingerprint density at radius 2 is 2.27 bits per heavy atom. The van der Waals surface area contributed by atoms with Crippen LogP contribution in [0.2, 0.25) is 0 Å². The zero-order valence-electron chi connectivity index (χ0n) is 9.20. The van der Waals surface area contributed by atoms with Crippen LogP contribution in [0.1, 0.15) is 32.6 Å². The summed E-state index contributed by atoms with van der Waals surface area (Å²) in [5.74, 6) is -0.234. The van der Waals surface area contributed by atoms with Gasteiger partial charge in [-0.3, -0.25) is 4.79 Å². The van der Waals surface area contributed by atoms with Gasteiger partial charge >= 0.3 is 5.97 Å². The monoisotopic (exact) mass is 210 g/mol. The number of carbonyl (C=O) groups excluding carboxylic acids is 1. The van der Waals surface area contributed by atoms with Gasteiger partial charge in [0.1, 0.15) is 6.10 Å². The Morgan fingerprint density at radius 1 is 1.60 bits per heavy atom. The van der Waals surface area contributed by atoms with E-state index >= 15 is 0 Å². The molecule has 2 bridgehead atoms. The van der Waals surface area contributed by atoms with Crippen LogP contribution in [0.5, 0.6) is 0 Å². The topological polar surface area (TPSA) is 35.5 Å². The van der Waals surface area contributed by atoms with Gasteiger partial charge in [-0.15, -0.1) is 0 Å². The van der Waals surface area contributed by atoms with Crippen molar-refractivity contribution in [1.29, 1.82) is 0 Å². The first-order chi connectivity index (χ1) is 7.16. The molecule has 3 aliphatic rings. The van der Waals surface area contributed by atoms with E-state index in [1.54, 1.807) is 6.08 Å². The number of esters is 1. The predicted octanol–water partition coefficient (Wildman–Crippen LogP) is 2.06. The van der Waals surface area contributed by atoms with Crippen LogP contribution in [-0.4, -0.2) is 24.8 Å². The van der Waals surface area contributed by atoms with Gasteiger partial charge in [0.05, 0.1) is 12.7 Å². The van der Waals surface area contributed by atoms with Gasteiger partial charge in [0.2, 0.25) is 0 Å². The van der Waals surface area contributed by atoms with Crippen molar-refractivity contribution in [2.24, 2.45) is 5.41 Å². The summed E-state index contributed by atoms with van der Waals surface area (Å²) in [6.45, 7) is 5.92. The zero-order valence-corrected chi connectivity index (χ0v) is 9.20. The Balaban J connectivity index is 2.11. The van der Waals surface area contributed by atoms with Crippen LogP contribution in [0.3, 0.4) is 0 Å². The molecule has 2 saturated heterocycles. The molecule has 3 heteroatoms. The Kier molecular flexibility index (Phi) is 2.83. The summed E-state index contributed by atoms with van der Waals surface area (Å²) in [5.41, 5.74) is 0.00215. The van der Waals surface area contributed by atoms with Crippen molar-refractivity contribution < 1.29 is 14.3 Å². The Hall–Kier alpha value is -0.830. The van der Waals surface area contributed by atoms with E-state index in [2.05, 4.69) is 6.58 Å². The van der Waals surface area contributed by atoms with Crippen molar-refractivity contribution >= 4 is 5.97 Å². The Morgan fingerprint density at radius 3 is 2.67 bits per heavy atom. The lowest BCUT2D eigenvalue weighted by molar-refractivity contribution is -0.175. The molecule has 0 spiro atoms. The number of ether oxygens (including phenoxy) is 2. The van der Waals surface area contributed by atoms with Crippen molar-refractivity contribution in [2.75, 3.05) is 6.61 Å². The largest absolute Gasteiger partial charge is 0.458 e. The second-order valence-corrected chi connectivity index (χ2v) is 4.64. The van der Waals surface area contributed by atoms with Crippen LogP contribution in [-0.2, 0) is 14.3 Å². The van der Waals surface area contributed by atoms with Gasteiger partial charge < -0.3 is 9.47 Å². The number of hydrogen-bond donors (Lipinski definition) is 0. The molecule has 2 heterocycles. The highest BCUT2D eigenvalue weighted by Crippen LogP contribution is 2.46. The first-order valence-electron chi connectivity index (χ1n) is 5.58. The molecule has 0 aromatic rings. The fraction of sp³-hybridized carbons (Fsp3) is 0.750. The SMILES string of the molecule is C=CC(OC(C)=O)C12CCC(CC1)OC2. The van der Waals surface area contributed by atoms with Crippen molar-refractivity contribution in [3.8, 4) is 0 Å². The molecule has 2 aliphatic heterocycles. The molecule has 0 amide bonds. The van der Waals surface area contributed by atoms with Crippen LogP contribution < -0.4 is 0 Å². The second-order valence-electron chi connectivity index (χ2n) is 4.64. The lowest BCUT2D eigenvalue weighted by Gasteiger charge is -2.48. The molecule has 0 aromatic carbocycles. The van der Waals surface area contributed by atoms with Crippen LogP contribution in [0.25, 0.3) is 0 Å². The zero-order chi connectivity index (χ0) is 10.9. The molecule has 1 unspecified atom stereocenters. The van der Waals surface area contributed by atoms with Gasteiger partial charge in [-0.1, -0.05) is 12.7 Å². The maximum Gasteiger partial charge on any atom is 0.303 e. The molecule has 0 N–H and O–H groups in total. The summed E-state index contributed by atoms with van der Waals surface area (Å²) >= 11 is 0. The highest BCUT2D eigenvalue weighted by Gasteiger charge is 2.47. The second kappa shape index (κ2) is 3.97. The maximum atomic E-state index is 11.0. The molecule has 0 aromatic heterocycles. The molecule has 15 heavy (non-hydrogen) atoms. The highest BCUT2D eigenvalue weighted by molar-refractivity contribution is 5.66. The standard InChI is InChI=1S/C12H18O3/c1-3-11(15-9(2)13)12-6-4-10(5-7-12)14-8-12/h3,10-11H,1,4-8H2,2H3. The van der Waals surface area contributed by atoms with Crippen LogP contribution in [0.15, 0.2) is 12.7 Å². The predicted molar refractivity (Wildman–Crippen MR) is 56.4 cm³/mol. The van der Waals surface area contributed by atoms with E-state index in [0.717, 1.165) is 25.7 Å². The molecule has 3 nitrogen and oxygen atoms in total. The number of fused-ring (bicyclic) bond motifs is 3. The quantitative estimate of drug-likeness (QED) is 0.528. The van der Waals surface area contributed by atoms with Gasteiger partial charge in [-0.05, 0) is 25.7 Å².